The minimum atomic E-state index is 0.280. The largest absolute Gasteiger partial charge is 0.378 e. The maximum absolute atomic E-state index is 5.77. The Labute approximate surface area is 140 Å². The van der Waals surface area contributed by atoms with E-state index >= 15 is 0 Å². The molecule has 6 nitrogen and oxygen atoms in total. The fourth-order valence-corrected chi connectivity index (χ4v) is 2.39. The van der Waals surface area contributed by atoms with E-state index in [0.717, 1.165) is 45.0 Å². The molecule has 1 aromatic rings. The van der Waals surface area contributed by atoms with Gasteiger partial charge < -0.3 is 15.4 Å². The molecule has 0 fully saturated rings. The third kappa shape index (κ3) is 8.02. The van der Waals surface area contributed by atoms with Crippen molar-refractivity contribution in [2.45, 2.75) is 46.6 Å². The van der Waals surface area contributed by atoms with Crippen molar-refractivity contribution in [2.24, 2.45) is 18.0 Å². The van der Waals surface area contributed by atoms with Gasteiger partial charge in [0.05, 0.1) is 12.3 Å². The molecule has 0 bridgehead atoms. The molecule has 0 aromatic carbocycles. The van der Waals surface area contributed by atoms with Gasteiger partial charge in [-0.25, -0.2) is 0 Å². The van der Waals surface area contributed by atoms with E-state index in [-0.39, 0.29) is 6.10 Å². The summed E-state index contributed by atoms with van der Waals surface area (Å²) in [5.41, 5.74) is 1.23. The van der Waals surface area contributed by atoms with Gasteiger partial charge in [-0.1, -0.05) is 13.8 Å². The number of aliphatic imine (C=N–C) groups is 1. The van der Waals surface area contributed by atoms with Gasteiger partial charge in [-0.15, -0.1) is 0 Å². The van der Waals surface area contributed by atoms with Crippen LogP contribution in [0, 0.1) is 5.92 Å². The van der Waals surface area contributed by atoms with Crippen LogP contribution in [0.5, 0.6) is 0 Å². The first-order valence-corrected chi connectivity index (χ1v) is 8.68. The molecule has 0 saturated heterocycles. The molecule has 132 valence electrons. The zero-order chi connectivity index (χ0) is 17.1. The van der Waals surface area contributed by atoms with E-state index in [4.69, 9.17) is 4.74 Å². The summed E-state index contributed by atoms with van der Waals surface area (Å²) in [7, 11) is 1.94. The first kappa shape index (κ1) is 19.5. The van der Waals surface area contributed by atoms with Gasteiger partial charge in [-0.3, -0.25) is 9.67 Å². The third-order valence-corrected chi connectivity index (χ3v) is 3.62. The minimum Gasteiger partial charge on any atom is -0.378 e. The topological polar surface area (TPSA) is 63.5 Å². The summed E-state index contributed by atoms with van der Waals surface area (Å²) in [5.74, 6) is 1.39. The number of rotatable bonds is 10. The van der Waals surface area contributed by atoms with Crippen LogP contribution < -0.4 is 10.6 Å². The monoisotopic (exact) mass is 323 g/mol. The van der Waals surface area contributed by atoms with Crippen LogP contribution in [-0.4, -0.2) is 48.1 Å². The highest BCUT2D eigenvalue weighted by Gasteiger charge is 2.12. The van der Waals surface area contributed by atoms with Crippen LogP contribution >= 0.6 is 0 Å². The van der Waals surface area contributed by atoms with E-state index in [9.17, 15) is 0 Å². The van der Waals surface area contributed by atoms with Gasteiger partial charge in [-0.2, -0.15) is 5.10 Å². The molecular weight excluding hydrogens is 290 g/mol. The number of nitrogens with zero attached hydrogens (tertiary/aromatic N) is 3. The first-order chi connectivity index (χ1) is 11.1. The molecule has 0 radical (unpaired) electrons. The number of ether oxygens (including phenoxy) is 1. The lowest BCUT2D eigenvalue weighted by Gasteiger charge is -2.20. The lowest BCUT2D eigenvalue weighted by Crippen LogP contribution is -2.38. The predicted octanol–water partition coefficient (Wildman–Crippen LogP) is 1.97. The summed E-state index contributed by atoms with van der Waals surface area (Å²) in [6.07, 6.45) is 6.11. The van der Waals surface area contributed by atoms with Crippen molar-refractivity contribution in [3.05, 3.63) is 18.0 Å². The van der Waals surface area contributed by atoms with Crippen LogP contribution in [-0.2, 0) is 18.2 Å². The number of nitrogens with one attached hydrogen (secondary N) is 2. The lowest BCUT2D eigenvalue weighted by atomic mass is 10.0. The molecule has 0 aliphatic carbocycles. The Balaban J connectivity index is 2.39. The van der Waals surface area contributed by atoms with Crippen LogP contribution in [0.1, 0.15) is 39.7 Å². The molecule has 0 amide bonds. The number of hydrogen-bond acceptors (Lipinski definition) is 3. The van der Waals surface area contributed by atoms with Crippen molar-refractivity contribution < 1.29 is 4.74 Å². The summed E-state index contributed by atoms with van der Waals surface area (Å²) >= 11 is 0. The van der Waals surface area contributed by atoms with Crippen LogP contribution in [0.4, 0.5) is 0 Å². The van der Waals surface area contributed by atoms with Gasteiger partial charge in [0.15, 0.2) is 5.96 Å². The van der Waals surface area contributed by atoms with E-state index in [1.807, 2.05) is 31.0 Å². The fourth-order valence-electron chi connectivity index (χ4n) is 2.39. The average molecular weight is 323 g/mol. The zero-order valence-corrected chi connectivity index (χ0v) is 15.3. The molecule has 23 heavy (non-hydrogen) atoms. The van der Waals surface area contributed by atoms with Gasteiger partial charge in [0, 0.05) is 39.5 Å². The third-order valence-electron chi connectivity index (χ3n) is 3.62. The quantitative estimate of drug-likeness (QED) is 0.510. The molecule has 0 aliphatic heterocycles. The van der Waals surface area contributed by atoms with Crippen LogP contribution in [0.25, 0.3) is 0 Å². The van der Waals surface area contributed by atoms with Crippen LogP contribution in [0.15, 0.2) is 17.4 Å². The molecule has 1 atom stereocenters. The number of aromatic nitrogens is 2. The Morgan fingerprint density at radius 2 is 2.13 bits per heavy atom. The predicted molar refractivity (Wildman–Crippen MR) is 95.8 cm³/mol. The van der Waals surface area contributed by atoms with E-state index in [1.54, 1.807) is 0 Å². The first-order valence-electron chi connectivity index (χ1n) is 8.68. The van der Waals surface area contributed by atoms with Gasteiger partial charge in [-0.05, 0) is 38.2 Å². The molecule has 1 rings (SSSR count). The summed E-state index contributed by atoms with van der Waals surface area (Å²) in [6, 6.07) is 0. The van der Waals surface area contributed by atoms with Crippen molar-refractivity contribution in [2.75, 3.05) is 26.2 Å². The zero-order valence-electron chi connectivity index (χ0n) is 15.3. The highest BCUT2D eigenvalue weighted by molar-refractivity contribution is 5.79. The minimum absolute atomic E-state index is 0.280. The second-order valence-electron chi connectivity index (χ2n) is 5.99. The second kappa shape index (κ2) is 11.0. The van der Waals surface area contributed by atoms with Gasteiger partial charge in [0.1, 0.15) is 0 Å². The number of aryl methyl sites for hydroxylation is 1. The number of guanidine groups is 1. The SMILES string of the molecule is CCNC(=NCCC(OCC)C(C)C)NCCc1cnn(C)c1. The summed E-state index contributed by atoms with van der Waals surface area (Å²) in [5, 5.41) is 10.8. The van der Waals surface area contributed by atoms with E-state index < -0.39 is 0 Å². The summed E-state index contributed by atoms with van der Waals surface area (Å²) in [4.78, 5) is 4.65. The molecule has 2 N–H and O–H groups in total. The van der Waals surface area contributed by atoms with Gasteiger partial charge >= 0.3 is 0 Å². The molecule has 0 saturated carbocycles. The highest BCUT2D eigenvalue weighted by Crippen LogP contribution is 2.10. The molecule has 1 aromatic heterocycles. The Bertz CT molecular complexity index is 456. The highest BCUT2D eigenvalue weighted by atomic mass is 16.5. The van der Waals surface area contributed by atoms with Gasteiger partial charge in [0.2, 0.25) is 0 Å². The summed E-state index contributed by atoms with van der Waals surface area (Å²) in [6.45, 7) is 11.7. The average Bonchev–Trinajstić information content (AvgIpc) is 2.91. The van der Waals surface area contributed by atoms with Crippen LogP contribution in [0.3, 0.4) is 0 Å². The second-order valence-corrected chi connectivity index (χ2v) is 5.99. The Morgan fingerprint density at radius 3 is 2.70 bits per heavy atom. The molecule has 6 heteroatoms. The maximum atomic E-state index is 5.77. The van der Waals surface area contributed by atoms with Crippen molar-refractivity contribution in [1.29, 1.82) is 0 Å². The molecule has 0 spiro atoms. The molecule has 1 heterocycles. The molecule has 0 aliphatic rings. The van der Waals surface area contributed by atoms with Crippen molar-refractivity contribution in [3.8, 4) is 0 Å². The van der Waals surface area contributed by atoms with Crippen LogP contribution in [0.2, 0.25) is 0 Å². The normalized spacial score (nSPS) is 13.4. The smallest absolute Gasteiger partial charge is 0.191 e. The Kier molecular flexibility index (Phi) is 9.36. The molecular formula is C17H33N5O. The fraction of sp³-hybridized carbons (Fsp3) is 0.765. The van der Waals surface area contributed by atoms with Crippen molar-refractivity contribution >= 4 is 5.96 Å². The Morgan fingerprint density at radius 1 is 1.35 bits per heavy atom. The Hall–Kier alpha value is -1.56. The van der Waals surface area contributed by atoms with E-state index in [2.05, 4.69) is 41.5 Å². The lowest BCUT2D eigenvalue weighted by molar-refractivity contribution is 0.0266. The van der Waals surface area contributed by atoms with E-state index in [1.165, 1.54) is 5.56 Å². The van der Waals surface area contributed by atoms with E-state index in [0.29, 0.717) is 5.92 Å². The molecule has 1 unspecified atom stereocenters. The maximum Gasteiger partial charge on any atom is 0.191 e. The summed E-state index contributed by atoms with van der Waals surface area (Å²) < 4.78 is 7.59. The number of hydrogen-bond donors (Lipinski definition) is 2. The van der Waals surface area contributed by atoms with Crippen molar-refractivity contribution in [3.63, 3.8) is 0 Å². The standard InChI is InChI=1S/C17H33N5O/c1-6-18-17(19-10-8-15-12-21-22(5)13-15)20-11-9-16(14(3)4)23-7-2/h12-14,16H,6-11H2,1-5H3,(H2,18,19,20). The van der Waals surface area contributed by atoms with Gasteiger partial charge in [0.25, 0.3) is 0 Å². The van der Waals surface area contributed by atoms with Crippen molar-refractivity contribution in [1.82, 2.24) is 20.4 Å².